The quantitative estimate of drug-likeness (QED) is 0.654. The lowest BCUT2D eigenvalue weighted by Gasteiger charge is -2.42. The van der Waals surface area contributed by atoms with Crippen molar-refractivity contribution in [1.29, 1.82) is 0 Å². The predicted octanol–water partition coefficient (Wildman–Crippen LogP) is 1.40. The van der Waals surface area contributed by atoms with Gasteiger partial charge >= 0.3 is 0 Å². The first-order valence-electron chi connectivity index (χ1n) is 4.64. The lowest BCUT2D eigenvalue weighted by Crippen LogP contribution is -2.60. The second-order valence-corrected chi connectivity index (χ2v) is 3.91. The molecule has 1 rings (SSSR count). The maximum absolute atomic E-state index is 13.0. The van der Waals surface area contributed by atoms with Gasteiger partial charge in [0.15, 0.2) is 5.67 Å². The molecule has 1 saturated heterocycles. The molecule has 0 N–H and O–H groups in total. The van der Waals surface area contributed by atoms with E-state index in [1.165, 1.54) is 0 Å². The topological polar surface area (TPSA) is 12.5 Å². The maximum atomic E-state index is 13.0. The number of rotatable bonds is 5. The Labute approximate surface area is 77.9 Å². The Balaban J connectivity index is 2.02. The van der Waals surface area contributed by atoms with Crippen molar-refractivity contribution in [3.63, 3.8) is 0 Å². The number of alkyl halides is 2. The molecule has 2 nitrogen and oxygen atoms in total. The average Bonchev–Trinajstić information content (AvgIpc) is 2.00. The number of hydrogen-bond acceptors (Lipinski definition) is 2. The molecule has 0 bridgehead atoms. The molecule has 1 fully saturated rings. The third-order valence-electron chi connectivity index (χ3n) is 2.11. The normalized spacial score (nSPS) is 21.9. The summed E-state index contributed by atoms with van der Waals surface area (Å²) < 4.78 is 30.3. The fourth-order valence-electron chi connectivity index (χ4n) is 1.42. The molecule has 0 aromatic heterocycles. The monoisotopic (exact) mass is 193 g/mol. The molecule has 78 valence electrons. The molecule has 1 aliphatic heterocycles. The number of halogens is 2. The van der Waals surface area contributed by atoms with Crippen LogP contribution in [0.3, 0.4) is 0 Å². The third kappa shape index (κ3) is 3.19. The Morgan fingerprint density at radius 2 is 2.08 bits per heavy atom. The maximum Gasteiger partial charge on any atom is 0.164 e. The van der Waals surface area contributed by atoms with E-state index in [1.54, 1.807) is 0 Å². The molecule has 0 radical (unpaired) electrons. The van der Waals surface area contributed by atoms with Gasteiger partial charge in [-0.15, -0.1) is 0 Å². The minimum Gasteiger partial charge on any atom is -0.377 e. The Morgan fingerprint density at radius 3 is 2.54 bits per heavy atom. The predicted molar refractivity (Wildman–Crippen MR) is 47.3 cm³/mol. The number of likely N-dealkylation sites (tertiary alicyclic amines) is 1. The molecule has 0 aromatic rings. The van der Waals surface area contributed by atoms with Gasteiger partial charge in [0.25, 0.3) is 0 Å². The van der Waals surface area contributed by atoms with Gasteiger partial charge < -0.3 is 4.74 Å². The summed E-state index contributed by atoms with van der Waals surface area (Å²) in [6, 6.07) is 0. The number of nitrogens with zero attached hydrogens (tertiary/aromatic N) is 1. The van der Waals surface area contributed by atoms with Gasteiger partial charge in [-0.25, -0.2) is 8.78 Å². The fraction of sp³-hybridized carbons (Fsp3) is 1.00. The van der Waals surface area contributed by atoms with E-state index in [2.05, 4.69) is 0 Å². The van der Waals surface area contributed by atoms with Crippen LogP contribution in [-0.2, 0) is 4.74 Å². The molecule has 0 saturated carbocycles. The minimum atomic E-state index is -1.57. The van der Waals surface area contributed by atoms with E-state index in [-0.39, 0.29) is 19.2 Å². The van der Waals surface area contributed by atoms with Crippen LogP contribution in [0.5, 0.6) is 0 Å². The van der Waals surface area contributed by atoms with Gasteiger partial charge in [0.1, 0.15) is 6.67 Å². The summed E-state index contributed by atoms with van der Waals surface area (Å²) >= 11 is 0. The van der Waals surface area contributed by atoms with Crippen molar-refractivity contribution >= 4 is 0 Å². The van der Waals surface area contributed by atoms with E-state index in [0.717, 1.165) is 0 Å². The molecule has 0 aliphatic carbocycles. The molecule has 13 heavy (non-hydrogen) atoms. The van der Waals surface area contributed by atoms with Gasteiger partial charge in [-0.05, 0) is 13.8 Å². The molecule has 1 heterocycles. The Bertz CT molecular complexity index is 158. The Hall–Kier alpha value is -0.220. The van der Waals surface area contributed by atoms with E-state index in [0.29, 0.717) is 13.2 Å². The first-order chi connectivity index (χ1) is 6.06. The average molecular weight is 193 g/mol. The molecule has 0 atom stereocenters. The Kier molecular flexibility index (Phi) is 3.62. The molecular weight excluding hydrogens is 176 g/mol. The van der Waals surface area contributed by atoms with Crippen molar-refractivity contribution in [1.82, 2.24) is 4.90 Å². The van der Waals surface area contributed by atoms with Crippen LogP contribution in [0, 0.1) is 0 Å². The van der Waals surface area contributed by atoms with Crippen molar-refractivity contribution in [3.05, 3.63) is 0 Å². The van der Waals surface area contributed by atoms with Gasteiger partial charge in [0.2, 0.25) is 0 Å². The summed E-state index contributed by atoms with van der Waals surface area (Å²) in [5.74, 6) is 0. The molecule has 0 spiro atoms. The zero-order valence-corrected chi connectivity index (χ0v) is 8.22. The van der Waals surface area contributed by atoms with Crippen LogP contribution in [0.4, 0.5) is 8.78 Å². The zero-order chi connectivity index (χ0) is 9.90. The third-order valence-corrected chi connectivity index (χ3v) is 2.11. The highest BCUT2D eigenvalue weighted by Crippen LogP contribution is 2.25. The van der Waals surface area contributed by atoms with Crippen LogP contribution >= 0.6 is 0 Å². The summed E-state index contributed by atoms with van der Waals surface area (Å²) in [5.41, 5.74) is -1.57. The number of ether oxygens (including phenoxy) is 1. The molecule has 1 aliphatic rings. The molecule has 0 aromatic carbocycles. The van der Waals surface area contributed by atoms with Crippen molar-refractivity contribution in [2.75, 3.05) is 32.9 Å². The minimum absolute atomic E-state index is 0.206. The van der Waals surface area contributed by atoms with Gasteiger partial charge in [-0.1, -0.05) is 0 Å². The van der Waals surface area contributed by atoms with Crippen LogP contribution in [-0.4, -0.2) is 49.6 Å². The van der Waals surface area contributed by atoms with Crippen molar-refractivity contribution in [3.8, 4) is 0 Å². The highest BCUT2D eigenvalue weighted by molar-refractivity contribution is 4.95. The molecule has 0 amide bonds. The van der Waals surface area contributed by atoms with E-state index >= 15 is 0 Å². The van der Waals surface area contributed by atoms with Crippen molar-refractivity contribution in [2.24, 2.45) is 0 Å². The van der Waals surface area contributed by atoms with Crippen LogP contribution in [0.25, 0.3) is 0 Å². The second kappa shape index (κ2) is 4.33. The fourth-order valence-corrected chi connectivity index (χ4v) is 1.42. The van der Waals surface area contributed by atoms with Gasteiger partial charge in [-0.3, -0.25) is 4.90 Å². The highest BCUT2D eigenvalue weighted by atomic mass is 19.2. The van der Waals surface area contributed by atoms with E-state index in [9.17, 15) is 8.78 Å². The second-order valence-electron chi connectivity index (χ2n) is 3.91. The molecular formula is C9H17F2NO. The van der Waals surface area contributed by atoms with Crippen LogP contribution in [0.2, 0.25) is 0 Å². The van der Waals surface area contributed by atoms with Gasteiger partial charge in [-0.2, -0.15) is 0 Å². The van der Waals surface area contributed by atoms with Gasteiger partial charge in [0.05, 0.1) is 12.7 Å². The van der Waals surface area contributed by atoms with Crippen molar-refractivity contribution < 1.29 is 13.5 Å². The smallest absolute Gasteiger partial charge is 0.164 e. The van der Waals surface area contributed by atoms with Crippen LogP contribution < -0.4 is 0 Å². The SMILES string of the molecule is CC(C)OCCN1CC(F)(CF)C1. The summed E-state index contributed by atoms with van der Waals surface area (Å²) in [6.07, 6.45) is 0.206. The highest BCUT2D eigenvalue weighted by Gasteiger charge is 2.43. The lowest BCUT2D eigenvalue weighted by molar-refractivity contribution is -0.0616. The standard InChI is InChI=1S/C9H17F2NO/c1-8(2)13-4-3-12-6-9(11,5-10)7-12/h8H,3-7H2,1-2H3. The van der Waals surface area contributed by atoms with E-state index < -0.39 is 12.3 Å². The number of hydrogen-bond donors (Lipinski definition) is 0. The summed E-state index contributed by atoms with van der Waals surface area (Å²) in [7, 11) is 0. The van der Waals surface area contributed by atoms with E-state index in [4.69, 9.17) is 4.74 Å². The lowest BCUT2D eigenvalue weighted by atomic mass is 9.98. The molecule has 4 heteroatoms. The first-order valence-corrected chi connectivity index (χ1v) is 4.64. The van der Waals surface area contributed by atoms with Gasteiger partial charge in [0, 0.05) is 19.6 Å². The largest absolute Gasteiger partial charge is 0.377 e. The van der Waals surface area contributed by atoms with Crippen molar-refractivity contribution in [2.45, 2.75) is 25.6 Å². The van der Waals surface area contributed by atoms with Crippen LogP contribution in [0.15, 0.2) is 0 Å². The Morgan fingerprint density at radius 1 is 1.46 bits per heavy atom. The first kappa shape index (κ1) is 10.9. The summed E-state index contributed by atoms with van der Waals surface area (Å²) in [5, 5.41) is 0. The molecule has 0 unspecified atom stereocenters. The summed E-state index contributed by atoms with van der Waals surface area (Å²) in [4.78, 5) is 1.86. The van der Waals surface area contributed by atoms with Crippen LogP contribution in [0.1, 0.15) is 13.8 Å². The summed E-state index contributed by atoms with van der Waals surface area (Å²) in [6.45, 7) is 4.77. The zero-order valence-electron chi connectivity index (χ0n) is 8.22. The van der Waals surface area contributed by atoms with E-state index in [1.807, 2.05) is 18.7 Å².